The van der Waals surface area contributed by atoms with Crippen molar-refractivity contribution in [2.24, 2.45) is 0 Å². The van der Waals surface area contributed by atoms with E-state index in [9.17, 15) is 0 Å². The molecule has 33 heavy (non-hydrogen) atoms. The van der Waals surface area contributed by atoms with E-state index in [1.54, 1.807) is 23.5 Å². The molecule has 0 fully saturated rings. The molecule has 0 bridgehead atoms. The fourth-order valence-corrected chi connectivity index (χ4v) is 5.63. The third-order valence-corrected chi connectivity index (χ3v) is 7.01. The van der Waals surface area contributed by atoms with Crippen molar-refractivity contribution < 1.29 is 0 Å². The van der Waals surface area contributed by atoms with Crippen LogP contribution in [0.15, 0.2) is 104 Å². The number of hydrogen-bond acceptors (Lipinski definition) is 3. The van der Waals surface area contributed by atoms with Crippen molar-refractivity contribution in [1.82, 2.24) is 9.88 Å². The van der Waals surface area contributed by atoms with Crippen LogP contribution >= 0.6 is 22.9 Å². The molecule has 0 amide bonds. The first-order valence-electron chi connectivity index (χ1n) is 10.9. The van der Waals surface area contributed by atoms with Crippen LogP contribution in [-0.2, 0) is 6.54 Å². The topological polar surface area (TPSA) is 16.1 Å². The van der Waals surface area contributed by atoms with Gasteiger partial charge >= 0.3 is 0 Å². The highest BCUT2D eigenvalue weighted by molar-refractivity contribution is 7.16. The summed E-state index contributed by atoms with van der Waals surface area (Å²) in [4.78, 5) is 8.50. The number of fused-ring (bicyclic) bond motifs is 1. The highest BCUT2D eigenvalue weighted by atomic mass is 35.5. The summed E-state index contributed by atoms with van der Waals surface area (Å²) in [6.45, 7) is 8.69. The predicted octanol–water partition coefficient (Wildman–Crippen LogP) is 8.07. The molecule has 1 aliphatic rings. The summed E-state index contributed by atoms with van der Waals surface area (Å²) in [5.41, 5.74) is 7.24. The molecule has 5 rings (SSSR count). The van der Waals surface area contributed by atoms with E-state index in [4.69, 9.17) is 16.6 Å². The molecule has 0 N–H and O–H groups in total. The molecule has 0 spiro atoms. The average Bonchev–Trinajstić information content (AvgIpc) is 3.24. The minimum absolute atomic E-state index is 0.317. The fourth-order valence-electron chi connectivity index (χ4n) is 4.21. The Morgan fingerprint density at radius 3 is 2.36 bits per heavy atom. The van der Waals surface area contributed by atoms with Crippen LogP contribution in [0, 0.1) is 0 Å². The second-order valence-electron chi connectivity index (χ2n) is 8.04. The molecule has 4 aromatic rings. The Hall–Kier alpha value is -2.98. The molecular formula is C29H27ClN2S. The molecule has 0 radical (unpaired) electrons. The van der Waals surface area contributed by atoms with E-state index in [1.165, 1.54) is 21.6 Å². The lowest BCUT2D eigenvalue weighted by atomic mass is 9.84. The SMILES string of the molecule is C=CC=C.CN1Cc2sc(Cl)cc2C(c2ccccc2-c2ccc(-c3ccccc3)nc2)C1. The van der Waals surface area contributed by atoms with Gasteiger partial charge in [-0.05, 0) is 35.9 Å². The molecule has 1 atom stereocenters. The van der Waals surface area contributed by atoms with Crippen LogP contribution in [0.3, 0.4) is 0 Å². The number of thiophene rings is 1. The number of halogens is 1. The summed E-state index contributed by atoms with van der Waals surface area (Å²) in [5.74, 6) is 0.317. The minimum atomic E-state index is 0.317. The van der Waals surface area contributed by atoms with E-state index in [1.807, 2.05) is 24.4 Å². The molecule has 166 valence electrons. The summed E-state index contributed by atoms with van der Waals surface area (Å²) in [5, 5.41) is 0. The highest BCUT2D eigenvalue weighted by Gasteiger charge is 2.28. The van der Waals surface area contributed by atoms with Gasteiger partial charge in [0.25, 0.3) is 0 Å². The third-order valence-electron chi connectivity index (χ3n) is 5.74. The van der Waals surface area contributed by atoms with Crippen molar-refractivity contribution in [3.63, 3.8) is 0 Å². The Morgan fingerprint density at radius 2 is 1.67 bits per heavy atom. The molecule has 2 aromatic carbocycles. The second-order valence-corrected chi connectivity index (χ2v) is 9.80. The van der Waals surface area contributed by atoms with Gasteiger partial charge in [0.05, 0.1) is 10.0 Å². The van der Waals surface area contributed by atoms with Gasteiger partial charge in [-0.1, -0.05) is 97.6 Å². The Bertz CT molecular complexity index is 1220. The molecular weight excluding hydrogens is 444 g/mol. The van der Waals surface area contributed by atoms with Crippen molar-refractivity contribution in [3.8, 4) is 22.4 Å². The third kappa shape index (κ3) is 5.33. The number of aromatic nitrogens is 1. The van der Waals surface area contributed by atoms with E-state index in [0.29, 0.717) is 5.92 Å². The number of rotatable bonds is 4. The number of nitrogens with zero attached hydrogens (tertiary/aromatic N) is 2. The lowest BCUT2D eigenvalue weighted by molar-refractivity contribution is 0.299. The van der Waals surface area contributed by atoms with Gasteiger partial charge in [0.15, 0.2) is 0 Å². The van der Waals surface area contributed by atoms with Crippen molar-refractivity contribution in [1.29, 1.82) is 0 Å². The largest absolute Gasteiger partial charge is 0.300 e. The summed E-state index contributed by atoms with van der Waals surface area (Å²) >= 11 is 8.08. The first-order valence-corrected chi connectivity index (χ1v) is 12.1. The molecule has 3 heterocycles. The summed E-state index contributed by atoms with van der Waals surface area (Å²) in [6, 6.07) is 25.5. The molecule has 2 nitrogen and oxygen atoms in total. The fraction of sp³-hybridized carbons (Fsp3) is 0.138. The van der Waals surface area contributed by atoms with Crippen LogP contribution in [0.25, 0.3) is 22.4 Å². The molecule has 0 saturated carbocycles. The molecule has 1 unspecified atom stereocenters. The van der Waals surface area contributed by atoms with Gasteiger partial charge in [-0.3, -0.25) is 4.98 Å². The van der Waals surface area contributed by atoms with E-state index in [-0.39, 0.29) is 0 Å². The number of allylic oxidation sites excluding steroid dienone is 2. The van der Waals surface area contributed by atoms with E-state index < -0.39 is 0 Å². The van der Waals surface area contributed by atoms with Gasteiger partial charge in [0, 0.05) is 41.2 Å². The highest BCUT2D eigenvalue weighted by Crippen LogP contribution is 2.42. The van der Waals surface area contributed by atoms with Crippen LogP contribution in [0.1, 0.15) is 21.9 Å². The van der Waals surface area contributed by atoms with Crippen LogP contribution in [0.4, 0.5) is 0 Å². The van der Waals surface area contributed by atoms with E-state index in [0.717, 1.165) is 34.2 Å². The van der Waals surface area contributed by atoms with Crippen molar-refractivity contribution in [3.05, 3.63) is 125 Å². The van der Waals surface area contributed by atoms with Gasteiger partial charge in [-0.2, -0.15) is 0 Å². The van der Waals surface area contributed by atoms with E-state index >= 15 is 0 Å². The van der Waals surface area contributed by atoms with Crippen molar-refractivity contribution >= 4 is 22.9 Å². The maximum Gasteiger partial charge on any atom is 0.0934 e. The maximum atomic E-state index is 6.37. The van der Waals surface area contributed by atoms with Gasteiger partial charge < -0.3 is 4.90 Å². The standard InChI is InChI=1S/C25H21ClN2S.C4H6/c1-28-15-22(21-13-25(26)29-24(21)16-28)20-10-6-5-9-19(20)18-11-12-23(27-14-18)17-7-3-2-4-8-17;1-3-4-2/h2-14,22H,15-16H2,1H3;3-4H,1-2H2. The Balaban J connectivity index is 0.000000601. The predicted molar refractivity (Wildman–Crippen MR) is 143 cm³/mol. The number of likely N-dealkylation sites (N-methyl/N-ethyl adjacent to an activating group) is 1. The monoisotopic (exact) mass is 470 g/mol. The first-order chi connectivity index (χ1) is 16.1. The van der Waals surface area contributed by atoms with Crippen LogP contribution in [0.2, 0.25) is 4.34 Å². The van der Waals surface area contributed by atoms with Gasteiger partial charge in [-0.15, -0.1) is 11.3 Å². The number of pyridine rings is 1. The van der Waals surface area contributed by atoms with Crippen molar-refractivity contribution in [2.75, 3.05) is 13.6 Å². The summed E-state index contributed by atoms with van der Waals surface area (Å²) in [7, 11) is 2.18. The Kier molecular flexibility index (Phi) is 7.56. The Labute approximate surface area is 205 Å². The summed E-state index contributed by atoms with van der Waals surface area (Å²) < 4.78 is 0.877. The zero-order chi connectivity index (χ0) is 23.2. The normalized spacial score (nSPS) is 15.2. The smallest absolute Gasteiger partial charge is 0.0934 e. The molecule has 0 saturated heterocycles. The van der Waals surface area contributed by atoms with E-state index in [2.05, 4.69) is 79.7 Å². The average molecular weight is 471 g/mol. The quantitative estimate of drug-likeness (QED) is 0.280. The zero-order valence-corrected chi connectivity index (χ0v) is 20.3. The van der Waals surface area contributed by atoms with Gasteiger partial charge in [0.2, 0.25) is 0 Å². The lowest BCUT2D eigenvalue weighted by Gasteiger charge is -2.31. The van der Waals surface area contributed by atoms with Crippen LogP contribution in [-0.4, -0.2) is 23.5 Å². The van der Waals surface area contributed by atoms with Crippen LogP contribution in [0.5, 0.6) is 0 Å². The second kappa shape index (κ2) is 10.8. The number of benzene rings is 2. The molecule has 2 aromatic heterocycles. The van der Waals surface area contributed by atoms with Crippen molar-refractivity contribution in [2.45, 2.75) is 12.5 Å². The molecule has 4 heteroatoms. The summed E-state index contributed by atoms with van der Waals surface area (Å²) in [6.07, 6.45) is 5.27. The zero-order valence-electron chi connectivity index (χ0n) is 18.7. The van der Waals surface area contributed by atoms with Gasteiger partial charge in [0.1, 0.15) is 0 Å². The lowest BCUT2D eigenvalue weighted by Crippen LogP contribution is -2.30. The number of hydrogen-bond donors (Lipinski definition) is 0. The molecule has 0 aliphatic carbocycles. The minimum Gasteiger partial charge on any atom is -0.300 e. The maximum absolute atomic E-state index is 6.37. The van der Waals surface area contributed by atoms with Crippen LogP contribution < -0.4 is 0 Å². The Morgan fingerprint density at radius 1 is 0.939 bits per heavy atom. The molecule has 1 aliphatic heterocycles. The van der Waals surface area contributed by atoms with Gasteiger partial charge in [-0.25, -0.2) is 0 Å². The first kappa shape index (κ1) is 23.2.